The number of benzene rings is 1. The molecule has 0 radical (unpaired) electrons. The summed E-state index contributed by atoms with van der Waals surface area (Å²) in [4.78, 5) is 34.2. The third kappa shape index (κ3) is 5.97. The Labute approximate surface area is 198 Å². The first-order chi connectivity index (χ1) is 15.9. The van der Waals surface area contributed by atoms with E-state index in [1.807, 2.05) is 43.1 Å². The van der Waals surface area contributed by atoms with Crippen molar-refractivity contribution in [3.63, 3.8) is 0 Å². The second-order valence-electron chi connectivity index (χ2n) is 10.6. The van der Waals surface area contributed by atoms with Crippen LogP contribution in [0.2, 0.25) is 0 Å². The molecule has 4 rings (SSSR count). The van der Waals surface area contributed by atoms with Crippen molar-refractivity contribution >= 4 is 22.7 Å². The zero-order valence-electron chi connectivity index (χ0n) is 20.5. The predicted octanol–water partition coefficient (Wildman–Crippen LogP) is 3.82. The van der Waals surface area contributed by atoms with E-state index in [2.05, 4.69) is 28.2 Å². The number of amides is 2. The minimum absolute atomic E-state index is 0.0613. The third-order valence-electron chi connectivity index (χ3n) is 7.46. The van der Waals surface area contributed by atoms with Crippen LogP contribution in [0.4, 0.5) is 0 Å². The number of para-hydroxylation sites is 1. The minimum Gasteiger partial charge on any atom is -0.361 e. The Bertz CT molecular complexity index is 944. The second kappa shape index (κ2) is 10.7. The molecule has 2 aliphatic heterocycles. The number of piperidine rings is 2. The fourth-order valence-corrected chi connectivity index (χ4v) is 5.30. The Hall–Kier alpha value is -2.34. The number of carbonyl (C=O) groups excluding carboxylic acids is 2. The van der Waals surface area contributed by atoms with E-state index in [4.69, 9.17) is 0 Å². The molecular weight excluding hydrogens is 412 g/mol. The van der Waals surface area contributed by atoms with Crippen LogP contribution in [0.1, 0.15) is 52.0 Å². The molecule has 0 bridgehead atoms. The van der Waals surface area contributed by atoms with E-state index in [0.717, 1.165) is 48.4 Å². The monoisotopic (exact) mass is 452 g/mol. The van der Waals surface area contributed by atoms with Crippen LogP contribution in [-0.4, -0.2) is 65.4 Å². The molecule has 3 heterocycles. The predicted molar refractivity (Wildman–Crippen MR) is 133 cm³/mol. The van der Waals surface area contributed by atoms with Crippen molar-refractivity contribution in [1.82, 2.24) is 20.1 Å². The van der Waals surface area contributed by atoms with Crippen molar-refractivity contribution in [3.05, 3.63) is 36.0 Å². The fourth-order valence-electron chi connectivity index (χ4n) is 5.30. The lowest BCUT2D eigenvalue weighted by atomic mass is 9.93. The van der Waals surface area contributed by atoms with E-state index in [1.165, 1.54) is 32.4 Å². The van der Waals surface area contributed by atoms with Gasteiger partial charge in [0.2, 0.25) is 11.8 Å². The van der Waals surface area contributed by atoms with Gasteiger partial charge >= 0.3 is 0 Å². The summed E-state index contributed by atoms with van der Waals surface area (Å²) < 4.78 is 0. The second-order valence-corrected chi connectivity index (χ2v) is 10.6. The number of aromatic nitrogens is 1. The Morgan fingerprint density at radius 3 is 2.64 bits per heavy atom. The summed E-state index contributed by atoms with van der Waals surface area (Å²) in [5, 5.41) is 4.18. The number of hydrogen-bond acceptors (Lipinski definition) is 3. The molecule has 2 saturated heterocycles. The number of hydrogen-bond donors (Lipinski definition) is 2. The van der Waals surface area contributed by atoms with Crippen molar-refractivity contribution in [3.8, 4) is 0 Å². The van der Waals surface area contributed by atoms with Crippen LogP contribution in [0.15, 0.2) is 30.5 Å². The molecule has 2 aromatic rings. The Balaban J connectivity index is 1.45. The lowest BCUT2D eigenvalue weighted by Gasteiger charge is -2.39. The maximum Gasteiger partial charge on any atom is 0.245 e. The summed E-state index contributed by atoms with van der Waals surface area (Å²) in [6, 6.07) is 7.60. The molecule has 1 aromatic heterocycles. The summed E-state index contributed by atoms with van der Waals surface area (Å²) in [6.07, 6.45) is 7.27. The van der Waals surface area contributed by atoms with Crippen molar-refractivity contribution in [1.29, 1.82) is 0 Å². The van der Waals surface area contributed by atoms with Crippen molar-refractivity contribution in [2.45, 2.75) is 58.9 Å². The van der Waals surface area contributed by atoms with E-state index in [9.17, 15) is 9.59 Å². The van der Waals surface area contributed by atoms with Crippen molar-refractivity contribution in [2.24, 2.45) is 17.8 Å². The standard InChI is InChI=1S/C27H40N4O2/c1-19(2)26(32)29-25(15-22-16-28-24-9-5-4-8-23(22)24)27(33)31-12-6-7-21(18-31)17-30-13-10-20(3)11-14-30/h4-5,8-9,16,19-21,25,28H,6-7,10-15,17-18H2,1-3H3,(H,29,32). The first kappa shape index (κ1) is 23.8. The molecular formula is C27H40N4O2. The molecule has 6 nitrogen and oxygen atoms in total. The largest absolute Gasteiger partial charge is 0.361 e. The first-order valence-electron chi connectivity index (χ1n) is 12.8. The average Bonchev–Trinajstić information content (AvgIpc) is 3.22. The molecule has 33 heavy (non-hydrogen) atoms. The van der Waals surface area contributed by atoms with Crippen LogP contribution >= 0.6 is 0 Å². The van der Waals surface area contributed by atoms with E-state index in [0.29, 0.717) is 12.3 Å². The van der Waals surface area contributed by atoms with Crippen LogP contribution in [-0.2, 0) is 16.0 Å². The molecule has 6 heteroatoms. The zero-order chi connectivity index (χ0) is 23.4. The number of likely N-dealkylation sites (tertiary alicyclic amines) is 2. The van der Waals surface area contributed by atoms with Crippen LogP contribution < -0.4 is 5.32 Å². The third-order valence-corrected chi connectivity index (χ3v) is 7.46. The molecule has 2 amide bonds. The smallest absolute Gasteiger partial charge is 0.245 e. The number of fused-ring (bicyclic) bond motifs is 1. The maximum atomic E-state index is 13.7. The van der Waals surface area contributed by atoms with Gasteiger partial charge in [-0.1, -0.05) is 39.0 Å². The van der Waals surface area contributed by atoms with Gasteiger partial charge in [0, 0.05) is 49.1 Å². The van der Waals surface area contributed by atoms with Gasteiger partial charge in [-0.25, -0.2) is 0 Å². The highest BCUT2D eigenvalue weighted by Crippen LogP contribution is 2.24. The molecule has 0 spiro atoms. The number of H-pyrrole nitrogens is 1. The van der Waals surface area contributed by atoms with E-state index in [-0.39, 0.29) is 17.7 Å². The Morgan fingerprint density at radius 1 is 1.12 bits per heavy atom. The molecule has 2 aliphatic rings. The Kier molecular flexibility index (Phi) is 7.74. The number of carbonyl (C=O) groups is 2. The van der Waals surface area contributed by atoms with Gasteiger partial charge in [-0.15, -0.1) is 0 Å². The van der Waals surface area contributed by atoms with Crippen LogP contribution in [0, 0.1) is 17.8 Å². The van der Waals surface area contributed by atoms with Gasteiger partial charge in [0.15, 0.2) is 0 Å². The molecule has 180 valence electrons. The SMILES string of the molecule is CC1CCN(CC2CCCN(C(=O)C(Cc3c[nH]c4ccccc34)NC(=O)C(C)C)C2)CC1. The topological polar surface area (TPSA) is 68.4 Å². The molecule has 1 aromatic carbocycles. The van der Waals surface area contributed by atoms with Gasteiger partial charge in [-0.3, -0.25) is 9.59 Å². The van der Waals surface area contributed by atoms with Crippen molar-refractivity contribution < 1.29 is 9.59 Å². The van der Waals surface area contributed by atoms with E-state index in [1.54, 1.807) is 0 Å². The van der Waals surface area contributed by atoms with Crippen LogP contribution in [0.3, 0.4) is 0 Å². The van der Waals surface area contributed by atoms with Gasteiger partial charge in [0.25, 0.3) is 0 Å². The van der Waals surface area contributed by atoms with E-state index >= 15 is 0 Å². The lowest BCUT2D eigenvalue weighted by molar-refractivity contribution is -0.138. The number of nitrogens with zero attached hydrogens (tertiary/aromatic N) is 2. The number of aromatic amines is 1. The van der Waals surface area contributed by atoms with Gasteiger partial charge in [-0.05, 0) is 62.2 Å². The summed E-state index contributed by atoms with van der Waals surface area (Å²) in [7, 11) is 0. The van der Waals surface area contributed by atoms with Gasteiger partial charge < -0.3 is 20.1 Å². The minimum atomic E-state index is -0.534. The average molecular weight is 453 g/mol. The van der Waals surface area contributed by atoms with Gasteiger partial charge in [0.05, 0.1) is 0 Å². The summed E-state index contributed by atoms with van der Waals surface area (Å²) in [6.45, 7) is 11.1. The van der Waals surface area contributed by atoms with Gasteiger partial charge in [-0.2, -0.15) is 0 Å². The maximum absolute atomic E-state index is 13.7. The lowest BCUT2D eigenvalue weighted by Crippen LogP contribution is -2.53. The molecule has 0 saturated carbocycles. The Morgan fingerprint density at radius 2 is 1.88 bits per heavy atom. The van der Waals surface area contributed by atoms with Crippen LogP contribution in [0.25, 0.3) is 10.9 Å². The van der Waals surface area contributed by atoms with Gasteiger partial charge in [0.1, 0.15) is 6.04 Å². The quantitative estimate of drug-likeness (QED) is 0.671. The fraction of sp³-hybridized carbons (Fsp3) is 0.630. The molecule has 2 fully saturated rings. The number of nitrogens with one attached hydrogen (secondary N) is 2. The van der Waals surface area contributed by atoms with E-state index < -0.39 is 6.04 Å². The molecule has 0 aliphatic carbocycles. The highest BCUT2D eigenvalue weighted by atomic mass is 16.2. The molecule has 2 atom stereocenters. The first-order valence-corrected chi connectivity index (χ1v) is 12.8. The normalized spacial score (nSPS) is 21.5. The molecule has 2 N–H and O–H groups in total. The summed E-state index contributed by atoms with van der Waals surface area (Å²) in [5.41, 5.74) is 2.13. The van der Waals surface area contributed by atoms with Crippen LogP contribution in [0.5, 0.6) is 0 Å². The number of rotatable bonds is 7. The highest BCUT2D eigenvalue weighted by molar-refractivity contribution is 5.90. The van der Waals surface area contributed by atoms with Crippen molar-refractivity contribution in [2.75, 3.05) is 32.7 Å². The molecule has 2 unspecified atom stereocenters. The zero-order valence-corrected chi connectivity index (χ0v) is 20.5. The summed E-state index contributed by atoms with van der Waals surface area (Å²) >= 11 is 0. The summed E-state index contributed by atoms with van der Waals surface area (Å²) in [5.74, 6) is 1.19. The highest BCUT2D eigenvalue weighted by Gasteiger charge is 2.32.